The minimum absolute atomic E-state index is 0.0405. The van der Waals surface area contributed by atoms with E-state index in [1.807, 2.05) is 0 Å². The van der Waals surface area contributed by atoms with Crippen LogP contribution >= 0.6 is 15.9 Å². The fraction of sp³-hybridized carbons (Fsp3) is 0.455. The van der Waals surface area contributed by atoms with Gasteiger partial charge in [-0.3, -0.25) is 9.78 Å². The second-order valence-electron chi connectivity index (χ2n) is 4.12. The molecule has 1 saturated heterocycles. The lowest BCUT2D eigenvalue weighted by molar-refractivity contribution is -0.137. The zero-order chi connectivity index (χ0) is 13.3. The number of nitrogens with zero attached hydrogens (tertiary/aromatic N) is 2. The number of carbonyl (C=O) groups is 1. The molecule has 18 heavy (non-hydrogen) atoms. The minimum atomic E-state index is -4.48. The van der Waals surface area contributed by atoms with Gasteiger partial charge in [0.15, 0.2) is 0 Å². The van der Waals surface area contributed by atoms with E-state index in [1.54, 1.807) is 0 Å². The van der Waals surface area contributed by atoms with Crippen molar-refractivity contribution in [2.75, 3.05) is 16.8 Å². The van der Waals surface area contributed by atoms with E-state index in [9.17, 15) is 18.0 Å². The molecular formula is C11H10BrF3N2O. The summed E-state index contributed by atoms with van der Waals surface area (Å²) in [5.74, 6) is -0.253. The average Bonchev–Trinajstić information content (AvgIpc) is 2.69. The standard InChI is InChI=1S/C11H10BrF3N2O/c12-4-7-3-10(18)17(6-7)9-5-16-2-1-8(9)11(13,14)15/h1-2,5,7H,3-4,6H2. The fourth-order valence-electron chi connectivity index (χ4n) is 1.96. The zero-order valence-corrected chi connectivity index (χ0v) is 10.8. The predicted molar refractivity (Wildman–Crippen MR) is 63.5 cm³/mol. The summed E-state index contributed by atoms with van der Waals surface area (Å²) in [5, 5.41) is 0.594. The van der Waals surface area contributed by atoms with Gasteiger partial charge >= 0.3 is 6.18 Å². The zero-order valence-electron chi connectivity index (χ0n) is 9.25. The number of pyridine rings is 1. The lowest BCUT2D eigenvalue weighted by Gasteiger charge is -2.20. The lowest BCUT2D eigenvalue weighted by atomic mass is 10.1. The van der Waals surface area contributed by atoms with Gasteiger partial charge < -0.3 is 4.90 Å². The van der Waals surface area contributed by atoms with Crippen LogP contribution in [0.3, 0.4) is 0 Å². The van der Waals surface area contributed by atoms with Crippen LogP contribution < -0.4 is 4.90 Å². The number of hydrogen-bond acceptors (Lipinski definition) is 2. The van der Waals surface area contributed by atoms with Gasteiger partial charge in [-0.1, -0.05) is 15.9 Å². The van der Waals surface area contributed by atoms with E-state index in [4.69, 9.17) is 0 Å². The molecule has 0 N–H and O–H groups in total. The largest absolute Gasteiger partial charge is 0.418 e. The first kappa shape index (κ1) is 13.3. The normalized spacial score (nSPS) is 20.6. The summed E-state index contributed by atoms with van der Waals surface area (Å²) >= 11 is 3.25. The molecule has 0 aliphatic carbocycles. The number of rotatable bonds is 2. The number of aromatic nitrogens is 1. The Labute approximate surface area is 110 Å². The lowest BCUT2D eigenvalue weighted by Crippen LogP contribution is -2.27. The average molecular weight is 323 g/mol. The van der Waals surface area contributed by atoms with E-state index in [1.165, 1.54) is 4.90 Å². The Kier molecular flexibility index (Phi) is 3.61. The van der Waals surface area contributed by atoms with Crippen molar-refractivity contribution in [2.45, 2.75) is 12.6 Å². The molecule has 1 aromatic rings. The van der Waals surface area contributed by atoms with Crippen LogP contribution in [0.5, 0.6) is 0 Å². The van der Waals surface area contributed by atoms with E-state index < -0.39 is 11.7 Å². The van der Waals surface area contributed by atoms with E-state index >= 15 is 0 Å². The molecule has 0 aromatic carbocycles. The van der Waals surface area contributed by atoms with Crippen LogP contribution in [0.1, 0.15) is 12.0 Å². The molecule has 0 bridgehead atoms. The molecule has 2 heterocycles. The quantitative estimate of drug-likeness (QED) is 0.784. The molecule has 7 heteroatoms. The van der Waals surface area contributed by atoms with Crippen molar-refractivity contribution < 1.29 is 18.0 Å². The number of carbonyl (C=O) groups excluding carboxylic acids is 1. The molecule has 1 amide bonds. The molecule has 3 nitrogen and oxygen atoms in total. The molecular weight excluding hydrogens is 313 g/mol. The van der Waals surface area contributed by atoms with Crippen LogP contribution in [-0.2, 0) is 11.0 Å². The predicted octanol–water partition coefficient (Wildman–Crippen LogP) is 2.85. The molecule has 0 saturated carbocycles. The third-order valence-electron chi connectivity index (χ3n) is 2.82. The highest BCUT2D eigenvalue weighted by Crippen LogP contribution is 2.38. The topological polar surface area (TPSA) is 33.2 Å². The summed E-state index contributed by atoms with van der Waals surface area (Å²) in [7, 11) is 0. The highest BCUT2D eigenvalue weighted by molar-refractivity contribution is 9.09. The Morgan fingerprint density at radius 1 is 1.50 bits per heavy atom. The van der Waals surface area contributed by atoms with Gasteiger partial charge in [0.1, 0.15) is 0 Å². The van der Waals surface area contributed by atoms with E-state index in [-0.39, 0.29) is 23.9 Å². The Balaban J connectivity index is 2.37. The first-order valence-corrected chi connectivity index (χ1v) is 6.43. The maximum atomic E-state index is 12.8. The van der Waals surface area contributed by atoms with Crippen molar-refractivity contribution in [3.05, 3.63) is 24.0 Å². The highest BCUT2D eigenvalue weighted by atomic mass is 79.9. The van der Waals surface area contributed by atoms with Crippen molar-refractivity contribution in [2.24, 2.45) is 5.92 Å². The number of hydrogen-bond donors (Lipinski definition) is 0. The van der Waals surface area contributed by atoms with Crippen LogP contribution in [0.25, 0.3) is 0 Å². The third-order valence-corrected chi connectivity index (χ3v) is 3.74. The van der Waals surface area contributed by atoms with Crippen LogP contribution in [0.15, 0.2) is 18.5 Å². The molecule has 0 radical (unpaired) electrons. The second kappa shape index (κ2) is 4.87. The van der Waals surface area contributed by atoms with E-state index in [0.717, 1.165) is 18.5 Å². The second-order valence-corrected chi connectivity index (χ2v) is 4.77. The van der Waals surface area contributed by atoms with Crippen LogP contribution in [-0.4, -0.2) is 22.8 Å². The summed E-state index contributed by atoms with van der Waals surface area (Å²) in [6.07, 6.45) is -2.05. The number of halogens is 4. The molecule has 98 valence electrons. The fourth-order valence-corrected chi connectivity index (χ4v) is 2.39. The molecule has 1 unspecified atom stereocenters. The van der Waals surface area contributed by atoms with Gasteiger partial charge in [0.2, 0.25) is 5.91 Å². The first-order chi connectivity index (χ1) is 8.43. The summed E-state index contributed by atoms with van der Waals surface area (Å²) < 4.78 is 38.5. The van der Waals surface area contributed by atoms with Crippen molar-refractivity contribution in [3.63, 3.8) is 0 Å². The molecule has 1 fully saturated rings. The van der Waals surface area contributed by atoms with Crippen molar-refractivity contribution in [3.8, 4) is 0 Å². The van der Waals surface area contributed by atoms with Crippen molar-refractivity contribution >= 4 is 27.5 Å². The Morgan fingerprint density at radius 2 is 2.22 bits per heavy atom. The molecule has 1 aromatic heterocycles. The summed E-state index contributed by atoms with van der Waals surface area (Å²) in [6.45, 7) is 0.291. The SMILES string of the molecule is O=C1CC(CBr)CN1c1cnccc1C(F)(F)F. The smallest absolute Gasteiger partial charge is 0.310 e. The van der Waals surface area contributed by atoms with Crippen molar-refractivity contribution in [1.29, 1.82) is 0 Å². The molecule has 2 rings (SSSR count). The summed E-state index contributed by atoms with van der Waals surface area (Å²) in [5.41, 5.74) is -0.973. The van der Waals surface area contributed by atoms with Crippen LogP contribution in [0.2, 0.25) is 0 Å². The van der Waals surface area contributed by atoms with Gasteiger partial charge in [-0.25, -0.2) is 0 Å². The summed E-state index contributed by atoms with van der Waals surface area (Å²) in [4.78, 5) is 16.6. The number of alkyl halides is 4. The van der Waals surface area contributed by atoms with Gasteiger partial charge in [0.25, 0.3) is 0 Å². The number of anilines is 1. The Morgan fingerprint density at radius 3 is 2.78 bits per heavy atom. The Hall–Kier alpha value is -1.11. The van der Waals surface area contributed by atoms with Gasteiger partial charge in [-0.2, -0.15) is 13.2 Å². The van der Waals surface area contributed by atoms with Crippen LogP contribution in [0, 0.1) is 5.92 Å². The Bertz CT molecular complexity index is 464. The van der Waals surface area contributed by atoms with Gasteiger partial charge in [-0.15, -0.1) is 0 Å². The van der Waals surface area contributed by atoms with Gasteiger partial charge in [0.05, 0.1) is 17.4 Å². The number of amides is 1. The van der Waals surface area contributed by atoms with E-state index in [2.05, 4.69) is 20.9 Å². The highest BCUT2D eigenvalue weighted by Gasteiger charge is 2.38. The maximum absolute atomic E-state index is 12.8. The van der Waals surface area contributed by atoms with Gasteiger partial charge in [-0.05, 0) is 12.0 Å². The minimum Gasteiger partial charge on any atom is -0.310 e. The third kappa shape index (κ3) is 2.50. The van der Waals surface area contributed by atoms with Crippen molar-refractivity contribution in [1.82, 2.24) is 4.98 Å². The summed E-state index contributed by atoms with van der Waals surface area (Å²) in [6, 6.07) is 0.893. The molecule has 0 spiro atoms. The molecule has 1 atom stereocenters. The van der Waals surface area contributed by atoms with Crippen LogP contribution in [0.4, 0.5) is 18.9 Å². The molecule has 1 aliphatic rings. The maximum Gasteiger partial charge on any atom is 0.418 e. The van der Waals surface area contributed by atoms with Gasteiger partial charge in [0, 0.05) is 24.5 Å². The van der Waals surface area contributed by atoms with E-state index in [0.29, 0.717) is 11.9 Å². The first-order valence-electron chi connectivity index (χ1n) is 5.31. The molecule has 1 aliphatic heterocycles. The monoisotopic (exact) mass is 322 g/mol.